The van der Waals surface area contributed by atoms with Gasteiger partial charge >= 0.3 is 0 Å². The lowest BCUT2D eigenvalue weighted by Crippen LogP contribution is -1.95. The molecule has 1 aromatic carbocycles. The van der Waals surface area contributed by atoms with Crippen LogP contribution in [0.4, 0.5) is 8.78 Å². The van der Waals surface area contributed by atoms with Crippen LogP contribution < -0.4 is 0 Å². The van der Waals surface area contributed by atoms with Gasteiger partial charge in [-0.05, 0) is 11.6 Å². The van der Waals surface area contributed by atoms with Crippen molar-refractivity contribution < 1.29 is 8.78 Å². The van der Waals surface area contributed by atoms with Crippen LogP contribution in [0.25, 0.3) is 0 Å². The number of benzene rings is 1. The van der Waals surface area contributed by atoms with Crippen molar-refractivity contribution in [2.24, 2.45) is 0 Å². The highest BCUT2D eigenvalue weighted by molar-refractivity contribution is 5.21. The summed E-state index contributed by atoms with van der Waals surface area (Å²) in [5.41, 5.74) is 0.341. The third kappa shape index (κ3) is 1.73. The van der Waals surface area contributed by atoms with Gasteiger partial charge in [0.1, 0.15) is 11.6 Å². The average Bonchev–Trinajstić information content (AvgIpc) is 2.62. The third-order valence-electron chi connectivity index (χ3n) is 1.75. The first-order valence-electron chi connectivity index (χ1n) is 3.92. The van der Waals surface area contributed by atoms with Gasteiger partial charge < -0.3 is 0 Å². The van der Waals surface area contributed by atoms with Gasteiger partial charge in [-0.2, -0.15) is 5.21 Å². The number of aromatic amines is 1. The number of tetrazole rings is 1. The molecule has 72 valence electrons. The molecule has 0 aliphatic rings. The first kappa shape index (κ1) is 8.74. The van der Waals surface area contributed by atoms with Gasteiger partial charge in [0.05, 0.1) is 0 Å². The van der Waals surface area contributed by atoms with E-state index in [4.69, 9.17) is 0 Å². The highest BCUT2D eigenvalue weighted by atomic mass is 19.1. The predicted molar refractivity (Wildman–Crippen MR) is 43.3 cm³/mol. The van der Waals surface area contributed by atoms with Crippen molar-refractivity contribution in [1.82, 2.24) is 20.6 Å². The molecule has 0 spiro atoms. The highest BCUT2D eigenvalue weighted by Gasteiger charge is 2.06. The second-order valence-electron chi connectivity index (χ2n) is 2.74. The number of aromatic nitrogens is 4. The minimum absolute atomic E-state index is 0.197. The normalized spacial score (nSPS) is 10.4. The molecule has 2 aromatic rings. The van der Waals surface area contributed by atoms with Crippen LogP contribution in [0, 0.1) is 11.6 Å². The molecule has 0 saturated carbocycles. The van der Waals surface area contributed by atoms with E-state index in [-0.39, 0.29) is 6.42 Å². The van der Waals surface area contributed by atoms with Crippen LogP contribution in [-0.4, -0.2) is 20.6 Å². The van der Waals surface area contributed by atoms with E-state index in [1.807, 2.05) is 0 Å². The first-order chi connectivity index (χ1) is 6.75. The van der Waals surface area contributed by atoms with Crippen LogP contribution in [0.2, 0.25) is 0 Å². The van der Waals surface area contributed by atoms with Gasteiger partial charge in [-0.1, -0.05) is 11.3 Å². The Morgan fingerprint density at radius 1 is 1.29 bits per heavy atom. The standard InChI is InChI=1S/C8H6F2N4/c9-6-2-1-5(7(10)4-6)3-8-11-13-14-12-8/h1-2,4H,3H2,(H,11,12,13,14). The van der Waals surface area contributed by atoms with Crippen LogP contribution in [0.3, 0.4) is 0 Å². The summed E-state index contributed by atoms with van der Waals surface area (Å²) >= 11 is 0. The lowest BCUT2D eigenvalue weighted by Gasteiger charge is -1.98. The molecule has 0 aliphatic carbocycles. The zero-order valence-corrected chi connectivity index (χ0v) is 7.04. The maximum atomic E-state index is 13.1. The molecule has 0 saturated heterocycles. The van der Waals surface area contributed by atoms with Crippen molar-refractivity contribution in [3.8, 4) is 0 Å². The Kier molecular flexibility index (Phi) is 2.18. The maximum Gasteiger partial charge on any atom is 0.179 e. The molecule has 0 unspecified atom stereocenters. The van der Waals surface area contributed by atoms with Gasteiger partial charge in [-0.15, -0.1) is 10.2 Å². The third-order valence-corrected chi connectivity index (χ3v) is 1.75. The zero-order valence-electron chi connectivity index (χ0n) is 7.04. The highest BCUT2D eigenvalue weighted by Crippen LogP contribution is 2.11. The van der Waals surface area contributed by atoms with Crippen molar-refractivity contribution in [1.29, 1.82) is 0 Å². The molecule has 0 bridgehead atoms. The zero-order chi connectivity index (χ0) is 9.97. The van der Waals surface area contributed by atoms with Crippen LogP contribution in [-0.2, 0) is 6.42 Å². The van der Waals surface area contributed by atoms with Crippen LogP contribution in [0.5, 0.6) is 0 Å². The molecule has 1 aromatic heterocycles. The van der Waals surface area contributed by atoms with Crippen molar-refractivity contribution in [3.63, 3.8) is 0 Å². The van der Waals surface area contributed by atoms with Gasteiger partial charge in [-0.25, -0.2) is 8.78 Å². The molecular formula is C8H6F2N4. The fourth-order valence-corrected chi connectivity index (χ4v) is 1.09. The smallest absolute Gasteiger partial charge is 0.179 e. The SMILES string of the molecule is Fc1ccc(Cc2nn[nH]n2)c(F)c1. The number of hydrogen-bond acceptors (Lipinski definition) is 3. The van der Waals surface area contributed by atoms with E-state index in [1.165, 1.54) is 12.1 Å². The summed E-state index contributed by atoms with van der Waals surface area (Å²) in [7, 11) is 0. The van der Waals surface area contributed by atoms with E-state index in [1.54, 1.807) is 0 Å². The molecule has 14 heavy (non-hydrogen) atoms. The van der Waals surface area contributed by atoms with E-state index in [9.17, 15) is 8.78 Å². The number of halogens is 2. The fourth-order valence-electron chi connectivity index (χ4n) is 1.09. The van der Waals surface area contributed by atoms with Crippen molar-refractivity contribution >= 4 is 0 Å². The van der Waals surface area contributed by atoms with Crippen molar-refractivity contribution in [2.75, 3.05) is 0 Å². The molecule has 0 fully saturated rings. The lowest BCUT2D eigenvalue weighted by atomic mass is 10.1. The van der Waals surface area contributed by atoms with Crippen LogP contribution >= 0.6 is 0 Å². The summed E-state index contributed by atoms with van der Waals surface area (Å²) in [6, 6.07) is 3.38. The summed E-state index contributed by atoms with van der Waals surface area (Å²) in [4.78, 5) is 0. The van der Waals surface area contributed by atoms with Crippen LogP contribution in [0.15, 0.2) is 18.2 Å². The molecule has 0 radical (unpaired) electrons. The summed E-state index contributed by atoms with van der Waals surface area (Å²) in [5.74, 6) is -0.829. The van der Waals surface area contributed by atoms with Crippen molar-refractivity contribution in [2.45, 2.75) is 6.42 Å². The topological polar surface area (TPSA) is 54.5 Å². The summed E-state index contributed by atoms with van der Waals surface area (Å²) in [6.07, 6.45) is 0.197. The monoisotopic (exact) mass is 196 g/mol. The molecule has 0 aliphatic heterocycles. The van der Waals surface area contributed by atoms with Crippen molar-refractivity contribution in [3.05, 3.63) is 41.2 Å². The van der Waals surface area contributed by atoms with E-state index >= 15 is 0 Å². The Morgan fingerprint density at radius 2 is 2.14 bits per heavy atom. The molecule has 2 rings (SSSR count). The van der Waals surface area contributed by atoms with E-state index < -0.39 is 11.6 Å². The number of nitrogens with zero attached hydrogens (tertiary/aromatic N) is 3. The molecule has 1 N–H and O–H groups in total. The quantitative estimate of drug-likeness (QED) is 0.781. The van der Waals surface area contributed by atoms with E-state index in [2.05, 4.69) is 20.6 Å². The maximum absolute atomic E-state index is 13.1. The Balaban J connectivity index is 2.25. The number of H-pyrrole nitrogens is 1. The second kappa shape index (κ2) is 3.49. The predicted octanol–water partition coefficient (Wildman–Crippen LogP) is 1.07. The number of rotatable bonds is 2. The average molecular weight is 196 g/mol. The van der Waals surface area contributed by atoms with Gasteiger partial charge in [0, 0.05) is 12.5 Å². The van der Waals surface area contributed by atoms with Gasteiger partial charge in [-0.3, -0.25) is 0 Å². The Labute approximate surface area is 78.0 Å². The Hall–Kier alpha value is -1.85. The Morgan fingerprint density at radius 3 is 2.79 bits per heavy atom. The van der Waals surface area contributed by atoms with E-state index in [0.717, 1.165) is 6.07 Å². The van der Waals surface area contributed by atoms with Crippen LogP contribution in [0.1, 0.15) is 11.4 Å². The minimum Gasteiger partial charge on any atom is -0.207 e. The molecule has 0 atom stereocenters. The lowest BCUT2D eigenvalue weighted by molar-refractivity contribution is 0.573. The van der Waals surface area contributed by atoms with Gasteiger partial charge in [0.2, 0.25) is 0 Å². The summed E-state index contributed by atoms with van der Waals surface area (Å²) < 4.78 is 25.7. The first-order valence-corrected chi connectivity index (χ1v) is 3.92. The second-order valence-corrected chi connectivity index (χ2v) is 2.74. The Bertz CT molecular complexity index is 427. The largest absolute Gasteiger partial charge is 0.207 e. The molecule has 1 heterocycles. The summed E-state index contributed by atoms with van der Waals surface area (Å²) in [6.45, 7) is 0. The minimum atomic E-state index is -0.602. The summed E-state index contributed by atoms with van der Waals surface area (Å²) in [5, 5.41) is 12.9. The van der Waals surface area contributed by atoms with Gasteiger partial charge in [0.15, 0.2) is 5.82 Å². The molecule has 0 amide bonds. The van der Waals surface area contributed by atoms with Gasteiger partial charge in [0.25, 0.3) is 0 Å². The molecular weight excluding hydrogens is 190 g/mol. The number of hydrogen-bond donors (Lipinski definition) is 1. The fraction of sp³-hybridized carbons (Fsp3) is 0.125. The number of nitrogens with one attached hydrogen (secondary N) is 1. The molecule has 6 heteroatoms. The van der Waals surface area contributed by atoms with E-state index in [0.29, 0.717) is 11.4 Å². The molecule has 4 nitrogen and oxygen atoms in total.